The van der Waals surface area contributed by atoms with Crippen molar-refractivity contribution in [1.82, 2.24) is 19.6 Å². The lowest BCUT2D eigenvalue weighted by molar-refractivity contribution is -0.141. The molecule has 6 heterocycles. The molecule has 422 valence electrons. The third-order valence-corrected chi connectivity index (χ3v) is 22.5. The Labute approximate surface area is 491 Å². The average Bonchev–Trinajstić information content (AvgIpc) is 1.72. The molecule has 3 fully saturated rings. The second-order valence-corrected chi connectivity index (χ2v) is 25.8. The molecule has 3 saturated heterocycles. The van der Waals surface area contributed by atoms with Gasteiger partial charge in [0, 0.05) is 57.0 Å². The summed E-state index contributed by atoms with van der Waals surface area (Å²) in [7, 11) is 0. The van der Waals surface area contributed by atoms with E-state index in [1.165, 1.54) is 14.7 Å². The van der Waals surface area contributed by atoms with Gasteiger partial charge in [0.1, 0.15) is 0 Å². The molecule has 0 saturated carbocycles. The lowest BCUT2D eigenvalue weighted by Crippen LogP contribution is -2.56. The van der Waals surface area contributed by atoms with Crippen molar-refractivity contribution in [2.45, 2.75) is 53.8 Å². The minimum absolute atomic E-state index is 0.0111. The number of hydrogen-bond acceptors (Lipinski definition) is 10. The van der Waals surface area contributed by atoms with Crippen molar-refractivity contribution < 1.29 is 43.0 Å². The zero-order chi connectivity index (χ0) is 56.8. The highest BCUT2D eigenvalue weighted by atomic mass is 16.5. The predicted octanol–water partition coefficient (Wildman–Crippen LogP) is 7.70. The first-order valence-corrected chi connectivity index (χ1v) is 30.3. The van der Waals surface area contributed by atoms with Crippen LogP contribution in [0.4, 0.5) is 0 Å². The summed E-state index contributed by atoms with van der Waals surface area (Å²) >= 11 is 0. The fraction of sp³-hybridized carbons (Fsp3) is 0.333. The molecule has 13 nitrogen and oxygen atoms in total. The van der Waals surface area contributed by atoms with Crippen molar-refractivity contribution >= 4 is 35.4 Å². The van der Waals surface area contributed by atoms with Crippen LogP contribution >= 0.6 is 0 Å². The molecule has 6 aliphatic heterocycles. The van der Waals surface area contributed by atoms with Crippen LogP contribution in [0.5, 0.6) is 0 Å². The van der Waals surface area contributed by atoms with Gasteiger partial charge in [-0.15, -0.1) is 0 Å². The Kier molecular flexibility index (Phi) is 10.6. The Morgan fingerprint density at radius 3 is 0.788 bits per heavy atom. The Morgan fingerprint density at radius 2 is 0.541 bits per heavy atom. The van der Waals surface area contributed by atoms with Crippen LogP contribution in [0.25, 0.3) is 0 Å². The highest BCUT2D eigenvalue weighted by Crippen LogP contribution is 2.67. The molecular formula is C72H60N4O9. The molecule has 0 aromatic heterocycles. The number of carbonyl (C=O) groups is 6. The summed E-state index contributed by atoms with van der Waals surface area (Å²) in [4.78, 5) is 100. The Hall–Kier alpha value is -8.20. The van der Waals surface area contributed by atoms with E-state index >= 15 is 28.8 Å². The summed E-state index contributed by atoms with van der Waals surface area (Å²) in [6, 6.07) is 55.6. The van der Waals surface area contributed by atoms with Crippen LogP contribution in [-0.2, 0) is 79.0 Å². The van der Waals surface area contributed by atoms with Gasteiger partial charge >= 0.3 is 0 Å². The fourth-order valence-corrected chi connectivity index (χ4v) is 19.5. The molecule has 0 N–H and O–H groups in total. The monoisotopic (exact) mass is 1120 g/mol. The molecule has 22 rings (SSSR count). The number of carbonyl (C=O) groups excluding carboxylic acids is 6. The van der Waals surface area contributed by atoms with Crippen LogP contribution in [0.3, 0.4) is 0 Å². The normalized spacial score (nSPS) is 33.4. The van der Waals surface area contributed by atoms with Crippen molar-refractivity contribution in [3.05, 3.63) is 247 Å². The van der Waals surface area contributed by atoms with Gasteiger partial charge in [0.05, 0.1) is 91.4 Å². The van der Waals surface area contributed by atoms with Gasteiger partial charge < -0.3 is 14.2 Å². The second-order valence-electron chi connectivity index (χ2n) is 25.8. The summed E-state index contributed by atoms with van der Waals surface area (Å²) in [5.41, 5.74) is 11.6. The maximum absolute atomic E-state index is 15.8. The van der Waals surface area contributed by atoms with E-state index in [0.29, 0.717) is 0 Å². The van der Waals surface area contributed by atoms with Gasteiger partial charge in [-0.25, -0.2) is 0 Å². The molecule has 16 bridgehead atoms. The number of amides is 6. The second kappa shape index (κ2) is 17.9. The molecule has 0 unspecified atom stereocenters. The first-order chi connectivity index (χ1) is 41.6. The van der Waals surface area contributed by atoms with Crippen LogP contribution in [0, 0.1) is 35.5 Å². The number of imide groups is 3. The Morgan fingerprint density at radius 1 is 0.306 bits per heavy atom. The highest BCUT2D eigenvalue weighted by Gasteiger charge is 2.71. The maximum atomic E-state index is 15.8. The number of fused-ring (bicyclic) bond motifs is 9. The van der Waals surface area contributed by atoms with Gasteiger partial charge in [-0.3, -0.25) is 48.4 Å². The molecule has 9 aliphatic carbocycles. The molecule has 0 radical (unpaired) electrons. The van der Waals surface area contributed by atoms with Crippen molar-refractivity contribution in [2.24, 2.45) is 35.5 Å². The lowest BCUT2D eigenvalue weighted by Gasteiger charge is -2.54. The smallest absolute Gasteiger partial charge is 0.234 e. The van der Waals surface area contributed by atoms with Crippen molar-refractivity contribution in [3.63, 3.8) is 0 Å². The Balaban J connectivity index is 0.821. The molecule has 7 aromatic carbocycles. The van der Waals surface area contributed by atoms with Crippen LogP contribution in [0.15, 0.2) is 164 Å². The molecule has 6 atom stereocenters. The minimum Gasteiger partial charge on any atom is -0.375 e. The van der Waals surface area contributed by atoms with Crippen LogP contribution in [0.2, 0.25) is 0 Å². The predicted molar refractivity (Wildman–Crippen MR) is 309 cm³/mol. The zero-order valence-electron chi connectivity index (χ0n) is 46.7. The maximum Gasteiger partial charge on any atom is 0.234 e. The summed E-state index contributed by atoms with van der Waals surface area (Å²) < 4.78 is 21.4. The number of nitrogens with zero attached hydrogens (tertiary/aromatic N) is 4. The molecule has 7 aromatic rings. The van der Waals surface area contributed by atoms with Crippen molar-refractivity contribution in [2.75, 3.05) is 59.1 Å². The first-order valence-electron chi connectivity index (χ1n) is 30.3. The standard InChI is InChI=1S/C72H60N4O9/c77-64-58-55-43-13-1-7-19-49(43)70(50-20-8-2-14-44(50)55)37-83-34-40-31-41-33-42(32-40)36-85-39-72-53-23-11-5-17-47(53)57(48-18-6-12-24-54(48)72)60-63(72)69(82)76(66(60)79)30-27-73(25-28-74(64)67(80)61(58)70)26-29-75-65(78)59-56-45-15-3-9-21-51(45)71(38-84-35-41,62(59)68(75)81)52-22-10-4-16-46(52)56/h1-24,31-33,55-63H,25-30,34-39H2/t55?,56?,57?,58-,59-,60-,61+,62+,63+,70?,71?,72?/m0/s1. The quantitative estimate of drug-likeness (QED) is 0.139. The van der Waals surface area contributed by atoms with Gasteiger partial charge in [-0.2, -0.15) is 0 Å². The number of ether oxygens (including phenoxy) is 3. The highest BCUT2D eigenvalue weighted by molar-refractivity contribution is 6.10. The van der Waals surface area contributed by atoms with Crippen LogP contribution in [-0.4, -0.2) is 114 Å². The largest absolute Gasteiger partial charge is 0.375 e. The third kappa shape index (κ3) is 6.31. The van der Waals surface area contributed by atoms with Crippen molar-refractivity contribution in [3.8, 4) is 0 Å². The summed E-state index contributed by atoms with van der Waals surface area (Å²) in [5.74, 6) is -6.99. The van der Waals surface area contributed by atoms with E-state index in [9.17, 15) is 0 Å². The van der Waals surface area contributed by atoms with E-state index in [2.05, 4.69) is 91.0 Å². The SMILES string of the molecule is O=C1[C@H]2C3c4ccccc4C4(COCc5cc6cc(c5)COCC57c8ccccc8C(c8ccccc85)[C@@H]5C(=O)N(CCN(CCN1C(=O)[C@@H]24)CCN1C(=O)[C@H]2C4c8ccccc8C(COC6)(c6ccccc64)[C@H]2C1=O)C(=O)[C@@H]57)c1ccccc13. The molecular weight excluding hydrogens is 1060 g/mol. The summed E-state index contributed by atoms with van der Waals surface area (Å²) in [6.45, 7) is 1.35. The van der Waals surface area contributed by atoms with E-state index in [1.54, 1.807) is 0 Å². The van der Waals surface area contributed by atoms with E-state index in [0.717, 1.165) is 83.5 Å². The molecule has 3 spiro atoms. The van der Waals surface area contributed by atoms with Gasteiger partial charge in [-0.1, -0.05) is 164 Å². The van der Waals surface area contributed by atoms with E-state index in [1.807, 2.05) is 77.7 Å². The van der Waals surface area contributed by atoms with Crippen LogP contribution in [0.1, 0.15) is 101 Å². The molecule has 6 amide bonds. The summed E-state index contributed by atoms with van der Waals surface area (Å²) in [5, 5.41) is 0. The zero-order valence-corrected chi connectivity index (χ0v) is 46.7. The Bertz CT molecular complexity index is 3580. The number of rotatable bonds is 0. The van der Waals surface area contributed by atoms with Gasteiger partial charge in [0.15, 0.2) is 0 Å². The average molecular weight is 1130 g/mol. The fourth-order valence-electron chi connectivity index (χ4n) is 19.5. The van der Waals surface area contributed by atoms with Crippen LogP contribution < -0.4 is 0 Å². The van der Waals surface area contributed by atoms with E-state index in [-0.39, 0.29) is 132 Å². The van der Waals surface area contributed by atoms with E-state index < -0.39 is 51.8 Å². The third-order valence-electron chi connectivity index (χ3n) is 22.5. The molecule has 15 aliphatic rings. The molecule has 13 heteroatoms. The molecule has 85 heavy (non-hydrogen) atoms. The van der Waals surface area contributed by atoms with E-state index in [4.69, 9.17) is 14.2 Å². The topological polar surface area (TPSA) is 143 Å². The number of benzene rings is 7. The number of hydrogen-bond donors (Lipinski definition) is 0. The van der Waals surface area contributed by atoms with Crippen molar-refractivity contribution in [1.29, 1.82) is 0 Å². The van der Waals surface area contributed by atoms with Gasteiger partial charge in [0.2, 0.25) is 35.4 Å². The minimum atomic E-state index is -1.01. The van der Waals surface area contributed by atoms with Gasteiger partial charge in [-0.05, 0) is 83.5 Å². The van der Waals surface area contributed by atoms with Gasteiger partial charge in [0.25, 0.3) is 0 Å². The first kappa shape index (κ1) is 50.2. The summed E-state index contributed by atoms with van der Waals surface area (Å²) in [6.07, 6.45) is 0. The lowest BCUT2D eigenvalue weighted by atomic mass is 9.47.